The Bertz CT molecular complexity index is 919. The molecule has 27 heavy (non-hydrogen) atoms. The summed E-state index contributed by atoms with van der Waals surface area (Å²) < 4.78 is 11.2. The molecule has 1 amide bonds. The Morgan fingerprint density at radius 3 is 2.63 bits per heavy atom. The van der Waals surface area contributed by atoms with E-state index in [-0.39, 0.29) is 5.91 Å². The number of nitrogens with one attached hydrogen (secondary N) is 1. The third-order valence-electron chi connectivity index (χ3n) is 4.20. The van der Waals surface area contributed by atoms with Gasteiger partial charge in [-0.05, 0) is 56.2 Å². The number of hydrogen-bond acceptors (Lipinski definition) is 4. The van der Waals surface area contributed by atoms with Gasteiger partial charge in [0.2, 0.25) is 0 Å². The van der Waals surface area contributed by atoms with Crippen molar-refractivity contribution in [2.75, 3.05) is 19.8 Å². The molecule has 0 unspecified atom stereocenters. The summed E-state index contributed by atoms with van der Waals surface area (Å²) in [5.41, 5.74) is 2.54. The molecule has 0 saturated carbocycles. The predicted octanol–water partition coefficient (Wildman–Crippen LogP) is 4.00. The van der Waals surface area contributed by atoms with Crippen LogP contribution in [0.2, 0.25) is 0 Å². The molecule has 0 saturated heterocycles. The average Bonchev–Trinajstić information content (AvgIpc) is 2.69. The largest absolute Gasteiger partial charge is 0.490 e. The number of pyridine rings is 1. The van der Waals surface area contributed by atoms with Crippen LogP contribution in [0.4, 0.5) is 0 Å². The van der Waals surface area contributed by atoms with Gasteiger partial charge in [0.05, 0.1) is 18.7 Å². The first-order chi connectivity index (χ1) is 13.2. The maximum absolute atomic E-state index is 12.6. The van der Waals surface area contributed by atoms with Crippen molar-refractivity contribution in [1.29, 1.82) is 0 Å². The van der Waals surface area contributed by atoms with E-state index in [4.69, 9.17) is 9.47 Å². The van der Waals surface area contributed by atoms with Crippen LogP contribution in [0.15, 0.2) is 54.7 Å². The summed E-state index contributed by atoms with van der Waals surface area (Å²) in [7, 11) is 0. The molecule has 1 N–H and O–H groups in total. The fraction of sp³-hybridized carbons (Fsp3) is 0.273. The molecule has 0 aliphatic carbocycles. The lowest BCUT2D eigenvalue weighted by molar-refractivity contribution is 0.0956. The Hall–Kier alpha value is -3.08. The van der Waals surface area contributed by atoms with E-state index in [1.807, 2.05) is 62.4 Å². The molecule has 0 bridgehead atoms. The molecule has 0 fully saturated rings. The van der Waals surface area contributed by atoms with Crippen molar-refractivity contribution in [1.82, 2.24) is 10.3 Å². The highest BCUT2D eigenvalue weighted by atomic mass is 16.5. The average molecular weight is 364 g/mol. The molecule has 3 aromatic rings. The van der Waals surface area contributed by atoms with E-state index < -0.39 is 0 Å². The highest BCUT2D eigenvalue weighted by molar-refractivity contribution is 6.06. The Morgan fingerprint density at radius 2 is 1.81 bits per heavy atom. The Kier molecular flexibility index (Phi) is 6.26. The minimum atomic E-state index is -0.0930. The number of hydrogen-bond donors (Lipinski definition) is 1. The zero-order chi connectivity index (χ0) is 19.1. The van der Waals surface area contributed by atoms with Crippen LogP contribution in [0.1, 0.15) is 29.8 Å². The maximum Gasteiger partial charge on any atom is 0.251 e. The molecular formula is C22H24N2O3. The van der Waals surface area contributed by atoms with Gasteiger partial charge in [-0.15, -0.1) is 0 Å². The van der Waals surface area contributed by atoms with Crippen molar-refractivity contribution in [3.8, 4) is 11.5 Å². The number of amides is 1. The van der Waals surface area contributed by atoms with Crippen LogP contribution in [0, 0.1) is 0 Å². The smallest absolute Gasteiger partial charge is 0.251 e. The van der Waals surface area contributed by atoms with Crippen molar-refractivity contribution in [2.45, 2.75) is 20.3 Å². The Balaban J connectivity index is 1.65. The van der Waals surface area contributed by atoms with Crippen molar-refractivity contribution < 1.29 is 14.3 Å². The number of carbonyl (C=O) groups is 1. The Labute approximate surface area is 159 Å². The minimum absolute atomic E-state index is 0.0930. The van der Waals surface area contributed by atoms with Crippen LogP contribution < -0.4 is 14.8 Å². The lowest BCUT2D eigenvalue weighted by Gasteiger charge is -2.13. The fourth-order valence-corrected chi connectivity index (χ4v) is 2.97. The summed E-state index contributed by atoms with van der Waals surface area (Å²) in [5, 5.41) is 3.85. The van der Waals surface area contributed by atoms with Gasteiger partial charge in [0.1, 0.15) is 0 Å². The standard InChI is InChI=1S/C22H24N2O3/c1-3-26-20-11-10-16(15-21(20)27-4-2)12-14-24-22(25)18-7-5-9-19-17(18)8-6-13-23-19/h5-11,13,15H,3-4,12,14H2,1-2H3,(H,24,25). The molecule has 1 aromatic heterocycles. The number of benzene rings is 2. The van der Waals surface area contributed by atoms with Crippen molar-refractivity contribution >= 4 is 16.8 Å². The molecule has 140 valence electrons. The van der Waals surface area contributed by atoms with Crippen LogP contribution in [-0.4, -0.2) is 30.6 Å². The first-order valence-corrected chi connectivity index (χ1v) is 9.23. The van der Waals surface area contributed by atoms with Gasteiger partial charge < -0.3 is 14.8 Å². The quantitative estimate of drug-likeness (QED) is 0.656. The third kappa shape index (κ3) is 4.56. The number of carbonyl (C=O) groups excluding carboxylic acids is 1. The Morgan fingerprint density at radius 1 is 1.00 bits per heavy atom. The van der Waals surface area contributed by atoms with Crippen molar-refractivity contribution in [3.05, 3.63) is 65.9 Å². The van der Waals surface area contributed by atoms with Crippen molar-refractivity contribution in [3.63, 3.8) is 0 Å². The highest BCUT2D eigenvalue weighted by Crippen LogP contribution is 2.28. The minimum Gasteiger partial charge on any atom is -0.490 e. The molecule has 0 atom stereocenters. The van der Waals surface area contributed by atoms with Gasteiger partial charge in [0.15, 0.2) is 11.5 Å². The molecule has 0 radical (unpaired) electrons. The summed E-state index contributed by atoms with van der Waals surface area (Å²) in [5.74, 6) is 1.39. The van der Waals surface area contributed by atoms with Gasteiger partial charge in [0.25, 0.3) is 5.91 Å². The molecule has 5 nitrogen and oxygen atoms in total. The lowest BCUT2D eigenvalue weighted by Crippen LogP contribution is -2.25. The summed E-state index contributed by atoms with van der Waals surface area (Å²) in [6, 6.07) is 15.2. The second kappa shape index (κ2) is 9.03. The second-order valence-corrected chi connectivity index (χ2v) is 6.03. The zero-order valence-corrected chi connectivity index (χ0v) is 15.7. The summed E-state index contributed by atoms with van der Waals surface area (Å²) in [6.07, 6.45) is 2.44. The first-order valence-electron chi connectivity index (χ1n) is 9.23. The van der Waals surface area contributed by atoms with E-state index in [1.165, 1.54) is 0 Å². The molecule has 3 rings (SSSR count). The van der Waals surface area contributed by atoms with E-state index in [9.17, 15) is 4.79 Å². The summed E-state index contributed by atoms with van der Waals surface area (Å²) in [6.45, 7) is 5.60. The van der Waals surface area contributed by atoms with Crippen LogP contribution in [0.3, 0.4) is 0 Å². The number of rotatable bonds is 8. The van der Waals surface area contributed by atoms with Crippen LogP contribution in [0.5, 0.6) is 11.5 Å². The SMILES string of the molecule is CCOc1ccc(CCNC(=O)c2cccc3ncccc23)cc1OCC. The van der Waals surface area contributed by atoms with Gasteiger partial charge in [-0.25, -0.2) is 0 Å². The number of aromatic nitrogens is 1. The number of nitrogens with zero attached hydrogens (tertiary/aromatic N) is 1. The lowest BCUT2D eigenvalue weighted by atomic mass is 10.1. The van der Waals surface area contributed by atoms with Gasteiger partial charge in [0, 0.05) is 23.7 Å². The van der Waals surface area contributed by atoms with Crippen molar-refractivity contribution in [2.24, 2.45) is 0 Å². The molecular weight excluding hydrogens is 340 g/mol. The van der Waals surface area contributed by atoms with Gasteiger partial charge in [-0.2, -0.15) is 0 Å². The second-order valence-electron chi connectivity index (χ2n) is 6.03. The molecule has 0 aliphatic heterocycles. The normalized spacial score (nSPS) is 10.6. The van der Waals surface area contributed by atoms with Gasteiger partial charge >= 0.3 is 0 Å². The number of fused-ring (bicyclic) bond motifs is 1. The third-order valence-corrected chi connectivity index (χ3v) is 4.20. The van der Waals surface area contributed by atoms with E-state index in [2.05, 4.69) is 10.3 Å². The number of ether oxygens (including phenoxy) is 2. The van der Waals surface area contributed by atoms with Crippen LogP contribution in [-0.2, 0) is 6.42 Å². The highest BCUT2D eigenvalue weighted by Gasteiger charge is 2.10. The summed E-state index contributed by atoms with van der Waals surface area (Å²) in [4.78, 5) is 16.9. The molecule has 5 heteroatoms. The maximum atomic E-state index is 12.6. The van der Waals surface area contributed by atoms with E-state index in [0.29, 0.717) is 31.7 Å². The van der Waals surface area contributed by atoms with E-state index in [1.54, 1.807) is 6.20 Å². The fourth-order valence-electron chi connectivity index (χ4n) is 2.97. The molecule has 0 aliphatic rings. The van der Waals surface area contributed by atoms with Crippen LogP contribution in [0.25, 0.3) is 10.9 Å². The topological polar surface area (TPSA) is 60.5 Å². The monoisotopic (exact) mass is 364 g/mol. The first kappa shape index (κ1) is 18.7. The summed E-state index contributed by atoms with van der Waals surface area (Å²) >= 11 is 0. The molecule has 2 aromatic carbocycles. The molecule has 1 heterocycles. The van der Waals surface area contributed by atoms with E-state index in [0.717, 1.165) is 28.0 Å². The van der Waals surface area contributed by atoms with Gasteiger partial charge in [-0.1, -0.05) is 18.2 Å². The predicted molar refractivity (Wildman–Crippen MR) is 107 cm³/mol. The van der Waals surface area contributed by atoms with Crippen LogP contribution >= 0.6 is 0 Å². The zero-order valence-electron chi connectivity index (χ0n) is 15.7. The van der Waals surface area contributed by atoms with Gasteiger partial charge in [-0.3, -0.25) is 9.78 Å². The molecule has 0 spiro atoms. The van der Waals surface area contributed by atoms with E-state index >= 15 is 0 Å².